The molecule has 0 saturated carbocycles. The smallest absolute Gasteiger partial charge is 0.119 e. The predicted molar refractivity (Wildman–Crippen MR) is 101 cm³/mol. The average molecular weight is 340 g/mol. The Morgan fingerprint density at radius 3 is 2.12 bits per heavy atom. The number of ether oxygens (including phenoxy) is 1. The fraction of sp³-hybridized carbons (Fsp3) is 0.429. The summed E-state index contributed by atoms with van der Waals surface area (Å²) in [5.74, 6) is 0.930. The van der Waals surface area contributed by atoms with Gasteiger partial charge in [0.2, 0.25) is 0 Å². The third kappa shape index (κ3) is 5.05. The highest BCUT2D eigenvalue weighted by Crippen LogP contribution is 2.25. The zero-order valence-corrected chi connectivity index (χ0v) is 14.9. The summed E-state index contributed by atoms with van der Waals surface area (Å²) in [6.45, 7) is 7.49. The second-order valence-electron chi connectivity index (χ2n) is 6.64. The van der Waals surface area contributed by atoms with Gasteiger partial charge in [0.25, 0.3) is 0 Å². The van der Waals surface area contributed by atoms with Crippen LogP contribution in [0.25, 0.3) is 0 Å². The van der Waals surface area contributed by atoms with Crippen LogP contribution in [0, 0.1) is 0 Å². The summed E-state index contributed by atoms with van der Waals surface area (Å²) >= 11 is 0. The van der Waals surface area contributed by atoms with Gasteiger partial charge in [0.05, 0.1) is 12.1 Å². The Hall–Kier alpha value is -1.88. The number of rotatable bonds is 7. The minimum Gasteiger partial charge on any atom is -0.492 e. The Labute approximate surface area is 150 Å². The van der Waals surface area contributed by atoms with Gasteiger partial charge in [-0.05, 0) is 24.6 Å². The third-order valence-corrected chi connectivity index (χ3v) is 4.82. The maximum Gasteiger partial charge on any atom is 0.119 e. The van der Waals surface area contributed by atoms with Crippen molar-refractivity contribution in [3.63, 3.8) is 0 Å². The standard InChI is InChI=1S/C21H28N2O2/c1-18(24)21(19-8-4-2-5-9-19)23-14-12-22(13-15-23)16-17-25-20-10-6-3-7-11-20/h2-11,18,21,24H,12-17H2,1H3. The lowest BCUT2D eigenvalue weighted by atomic mass is 10.00. The van der Waals surface area contributed by atoms with Crippen LogP contribution < -0.4 is 4.74 Å². The van der Waals surface area contributed by atoms with Crippen LogP contribution in [0.15, 0.2) is 60.7 Å². The number of piperazine rings is 1. The Morgan fingerprint density at radius 2 is 1.52 bits per heavy atom. The molecule has 3 rings (SSSR count). The highest BCUT2D eigenvalue weighted by atomic mass is 16.5. The molecule has 0 amide bonds. The number of hydrogen-bond acceptors (Lipinski definition) is 4. The molecule has 1 fully saturated rings. The lowest BCUT2D eigenvalue weighted by molar-refractivity contribution is 0.0234. The fourth-order valence-corrected chi connectivity index (χ4v) is 3.52. The van der Waals surface area contributed by atoms with Gasteiger partial charge in [-0.25, -0.2) is 0 Å². The first-order valence-corrected chi connectivity index (χ1v) is 9.11. The average Bonchev–Trinajstić information content (AvgIpc) is 2.65. The molecule has 0 bridgehead atoms. The van der Waals surface area contributed by atoms with E-state index in [-0.39, 0.29) is 12.1 Å². The summed E-state index contributed by atoms with van der Waals surface area (Å²) in [6, 6.07) is 20.4. The maximum absolute atomic E-state index is 10.3. The summed E-state index contributed by atoms with van der Waals surface area (Å²) < 4.78 is 5.80. The number of aliphatic hydroxyl groups is 1. The molecule has 0 spiro atoms. The van der Waals surface area contributed by atoms with Crippen molar-refractivity contribution >= 4 is 0 Å². The molecule has 25 heavy (non-hydrogen) atoms. The molecule has 2 atom stereocenters. The van der Waals surface area contributed by atoms with E-state index in [2.05, 4.69) is 21.9 Å². The molecule has 4 heteroatoms. The second kappa shape index (κ2) is 8.99. The summed E-state index contributed by atoms with van der Waals surface area (Å²) in [7, 11) is 0. The van der Waals surface area contributed by atoms with Gasteiger partial charge in [-0.3, -0.25) is 9.80 Å². The van der Waals surface area contributed by atoms with E-state index in [1.165, 1.54) is 5.56 Å². The van der Waals surface area contributed by atoms with Gasteiger partial charge in [0.15, 0.2) is 0 Å². The normalized spacial score (nSPS) is 18.6. The first kappa shape index (κ1) is 17.9. The van der Waals surface area contributed by atoms with Crippen molar-refractivity contribution in [3.8, 4) is 5.75 Å². The first-order chi connectivity index (χ1) is 12.2. The van der Waals surface area contributed by atoms with E-state index in [1.54, 1.807) is 0 Å². The fourth-order valence-electron chi connectivity index (χ4n) is 3.52. The largest absolute Gasteiger partial charge is 0.492 e. The Kier molecular flexibility index (Phi) is 6.45. The van der Waals surface area contributed by atoms with Crippen LogP contribution in [0.4, 0.5) is 0 Å². The SMILES string of the molecule is CC(O)C(c1ccccc1)N1CCN(CCOc2ccccc2)CC1. The van der Waals surface area contributed by atoms with Crippen LogP contribution in [0.3, 0.4) is 0 Å². The zero-order chi connectivity index (χ0) is 17.5. The maximum atomic E-state index is 10.3. The van der Waals surface area contributed by atoms with Crippen LogP contribution in [0.5, 0.6) is 5.75 Å². The number of aliphatic hydroxyl groups excluding tert-OH is 1. The molecule has 4 nitrogen and oxygen atoms in total. The molecule has 0 aliphatic carbocycles. The Morgan fingerprint density at radius 1 is 0.920 bits per heavy atom. The molecule has 2 aromatic carbocycles. The minimum atomic E-state index is -0.379. The predicted octanol–water partition coefficient (Wildman–Crippen LogP) is 2.81. The van der Waals surface area contributed by atoms with Crippen molar-refractivity contribution in [2.24, 2.45) is 0 Å². The summed E-state index contributed by atoms with van der Waals surface area (Å²) in [4.78, 5) is 4.83. The second-order valence-corrected chi connectivity index (χ2v) is 6.64. The van der Waals surface area contributed by atoms with Crippen molar-refractivity contribution in [1.29, 1.82) is 0 Å². The quantitative estimate of drug-likeness (QED) is 0.841. The summed E-state index contributed by atoms with van der Waals surface area (Å²) in [5.41, 5.74) is 1.19. The Balaban J connectivity index is 1.47. The van der Waals surface area contributed by atoms with E-state index >= 15 is 0 Å². The molecule has 2 unspecified atom stereocenters. The monoisotopic (exact) mass is 340 g/mol. The number of benzene rings is 2. The van der Waals surface area contributed by atoms with Crippen LogP contribution >= 0.6 is 0 Å². The van der Waals surface area contributed by atoms with E-state index in [4.69, 9.17) is 4.74 Å². The van der Waals surface area contributed by atoms with Crippen molar-refractivity contribution in [2.75, 3.05) is 39.3 Å². The van der Waals surface area contributed by atoms with Gasteiger partial charge in [-0.2, -0.15) is 0 Å². The van der Waals surface area contributed by atoms with Crippen molar-refractivity contribution in [2.45, 2.75) is 19.1 Å². The van der Waals surface area contributed by atoms with Gasteiger partial charge >= 0.3 is 0 Å². The van der Waals surface area contributed by atoms with Gasteiger partial charge in [-0.1, -0.05) is 48.5 Å². The van der Waals surface area contributed by atoms with Crippen LogP contribution in [-0.4, -0.2) is 60.3 Å². The molecule has 2 aromatic rings. The molecule has 1 saturated heterocycles. The number of para-hydroxylation sites is 1. The molecule has 1 aliphatic heterocycles. The van der Waals surface area contributed by atoms with Crippen molar-refractivity contribution in [3.05, 3.63) is 66.2 Å². The van der Waals surface area contributed by atoms with Crippen LogP contribution in [0.1, 0.15) is 18.5 Å². The van der Waals surface area contributed by atoms with Gasteiger partial charge in [0.1, 0.15) is 12.4 Å². The van der Waals surface area contributed by atoms with E-state index < -0.39 is 0 Å². The van der Waals surface area contributed by atoms with Crippen LogP contribution in [0.2, 0.25) is 0 Å². The Bertz CT molecular complexity index is 610. The minimum absolute atomic E-state index is 0.0731. The van der Waals surface area contributed by atoms with E-state index in [9.17, 15) is 5.11 Å². The van der Waals surface area contributed by atoms with E-state index in [0.29, 0.717) is 6.61 Å². The third-order valence-electron chi connectivity index (χ3n) is 4.82. The molecule has 134 valence electrons. The van der Waals surface area contributed by atoms with E-state index in [0.717, 1.165) is 38.5 Å². The summed E-state index contributed by atoms with van der Waals surface area (Å²) in [5, 5.41) is 10.3. The summed E-state index contributed by atoms with van der Waals surface area (Å²) in [6.07, 6.45) is -0.379. The van der Waals surface area contributed by atoms with Gasteiger partial charge < -0.3 is 9.84 Å². The topological polar surface area (TPSA) is 35.9 Å². The van der Waals surface area contributed by atoms with Gasteiger partial charge in [0, 0.05) is 32.7 Å². The van der Waals surface area contributed by atoms with Gasteiger partial charge in [-0.15, -0.1) is 0 Å². The van der Waals surface area contributed by atoms with E-state index in [1.807, 2.05) is 55.5 Å². The molecule has 0 aromatic heterocycles. The molecule has 1 N–H and O–H groups in total. The lowest BCUT2D eigenvalue weighted by Crippen LogP contribution is -2.50. The van der Waals surface area contributed by atoms with Crippen LogP contribution in [-0.2, 0) is 0 Å². The molecule has 1 heterocycles. The van der Waals surface area contributed by atoms with Crippen molar-refractivity contribution in [1.82, 2.24) is 9.80 Å². The number of nitrogens with zero attached hydrogens (tertiary/aromatic N) is 2. The molecular weight excluding hydrogens is 312 g/mol. The first-order valence-electron chi connectivity index (χ1n) is 9.11. The highest BCUT2D eigenvalue weighted by molar-refractivity contribution is 5.21. The molecular formula is C21H28N2O2. The molecule has 0 radical (unpaired) electrons. The molecule has 1 aliphatic rings. The zero-order valence-electron chi connectivity index (χ0n) is 14.9. The van der Waals surface area contributed by atoms with Crippen molar-refractivity contribution < 1.29 is 9.84 Å². The lowest BCUT2D eigenvalue weighted by Gasteiger charge is -2.40. The number of hydrogen-bond donors (Lipinski definition) is 1. The highest BCUT2D eigenvalue weighted by Gasteiger charge is 2.28.